The highest BCUT2D eigenvalue weighted by Gasteiger charge is 2.44. The van der Waals surface area contributed by atoms with Crippen LogP contribution in [0.2, 0.25) is 0 Å². The number of hydrogen-bond donors (Lipinski definition) is 0. The molecule has 2 atom stereocenters. The first kappa shape index (κ1) is 10.2. The second-order valence-electron chi connectivity index (χ2n) is 4.24. The number of carbonyl (C=O) groups excluding carboxylic acids is 1. The van der Waals surface area contributed by atoms with Crippen LogP contribution >= 0.6 is 0 Å². The molecule has 0 radical (unpaired) electrons. The van der Waals surface area contributed by atoms with Gasteiger partial charge in [-0.1, -0.05) is 44.2 Å². The van der Waals surface area contributed by atoms with E-state index in [1.54, 1.807) is 0 Å². The van der Waals surface area contributed by atoms with E-state index in [2.05, 4.69) is 6.92 Å². The summed E-state index contributed by atoms with van der Waals surface area (Å²) in [5.41, 5.74) is 0.739. The van der Waals surface area contributed by atoms with Gasteiger partial charge in [-0.25, -0.2) is 0 Å². The van der Waals surface area contributed by atoms with Crippen molar-refractivity contribution < 1.29 is 9.53 Å². The van der Waals surface area contributed by atoms with Crippen LogP contribution in [0.25, 0.3) is 0 Å². The summed E-state index contributed by atoms with van der Waals surface area (Å²) in [6.45, 7) is 4.00. The molecule has 15 heavy (non-hydrogen) atoms. The Hall–Kier alpha value is -1.31. The van der Waals surface area contributed by atoms with Crippen LogP contribution in [0.3, 0.4) is 0 Å². The molecule has 0 amide bonds. The second kappa shape index (κ2) is 3.69. The van der Waals surface area contributed by atoms with Crippen LogP contribution in [-0.4, -0.2) is 5.97 Å². The number of ether oxygens (including phenoxy) is 1. The molecule has 0 aliphatic carbocycles. The minimum absolute atomic E-state index is 0.0187. The number of benzene rings is 1. The van der Waals surface area contributed by atoms with Crippen LogP contribution in [-0.2, 0) is 15.1 Å². The Morgan fingerprint density at radius 1 is 1.40 bits per heavy atom. The van der Waals surface area contributed by atoms with Gasteiger partial charge in [0.25, 0.3) is 0 Å². The fourth-order valence-electron chi connectivity index (χ4n) is 2.25. The Labute approximate surface area is 90.3 Å². The summed E-state index contributed by atoms with van der Waals surface area (Å²) < 4.78 is 5.56. The van der Waals surface area contributed by atoms with Crippen molar-refractivity contribution in [1.82, 2.24) is 0 Å². The van der Waals surface area contributed by atoms with E-state index < -0.39 is 0 Å². The lowest BCUT2D eigenvalue weighted by Gasteiger charge is -2.26. The van der Waals surface area contributed by atoms with Gasteiger partial charge in [0.1, 0.15) is 5.60 Å². The molecule has 1 aliphatic heterocycles. The summed E-state index contributed by atoms with van der Waals surface area (Å²) in [6, 6.07) is 10.0. The normalized spacial score (nSPS) is 30.3. The van der Waals surface area contributed by atoms with E-state index in [0.29, 0.717) is 0 Å². The quantitative estimate of drug-likeness (QED) is 0.692. The maximum Gasteiger partial charge on any atom is 0.309 e. The van der Waals surface area contributed by atoms with Gasteiger partial charge in [0, 0.05) is 6.42 Å². The van der Waals surface area contributed by atoms with E-state index >= 15 is 0 Å². The zero-order valence-corrected chi connectivity index (χ0v) is 9.19. The minimum Gasteiger partial charge on any atom is -0.454 e. The lowest BCUT2D eigenvalue weighted by Crippen LogP contribution is -2.24. The Kier molecular flexibility index (Phi) is 2.51. The first-order chi connectivity index (χ1) is 7.18. The Morgan fingerprint density at radius 3 is 2.53 bits per heavy atom. The summed E-state index contributed by atoms with van der Waals surface area (Å²) in [5, 5.41) is 0. The predicted octanol–water partition coefficient (Wildman–Crippen LogP) is 2.87. The number of rotatable bonds is 2. The van der Waals surface area contributed by atoms with Crippen LogP contribution in [0, 0.1) is 5.92 Å². The summed E-state index contributed by atoms with van der Waals surface area (Å²) in [4.78, 5) is 11.5. The summed E-state index contributed by atoms with van der Waals surface area (Å²) in [7, 11) is 0. The van der Waals surface area contributed by atoms with Gasteiger partial charge in [-0.15, -0.1) is 0 Å². The van der Waals surface area contributed by atoms with Crippen LogP contribution in [0.4, 0.5) is 0 Å². The van der Waals surface area contributed by atoms with Gasteiger partial charge in [0.15, 0.2) is 0 Å². The largest absolute Gasteiger partial charge is 0.454 e. The van der Waals surface area contributed by atoms with Gasteiger partial charge >= 0.3 is 5.97 Å². The van der Waals surface area contributed by atoms with Crippen LogP contribution in [0.1, 0.15) is 32.3 Å². The van der Waals surface area contributed by atoms with E-state index in [1.165, 1.54) is 0 Å². The molecule has 0 aromatic heterocycles. The van der Waals surface area contributed by atoms with Gasteiger partial charge in [-0.3, -0.25) is 4.79 Å². The van der Waals surface area contributed by atoms with Crippen molar-refractivity contribution in [3.05, 3.63) is 35.9 Å². The van der Waals surface area contributed by atoms with Crippen molar-refractivity contribution in [2.45, 2.75) is 32.3 Å². The molecule has 1 aliphatic rings. The van der Waals surface area contributed by atoms with E-state index in [-0.39, 0.29) is 17.5 Å². The van der Waals surface area contributed by atoms with Crippen molar-refractivity contribution >= 4 is 5.97 Å². The van der Waals surface area contributed by atoms with Gasteiger partial charge in [-0.2, -0.15) is 0 Å². The lowest BCUT2D eigenvalue weighted by atomic mass is 9.86. The highest BCUT2D eigenvalue weighted by atomic mass is 16.6. The summed E-state index contributed by atoms with van der Waals surface area (Å²) in [6.07, 6.45) is 1.64. The maximum absolute atomic E-state index is 11.5. The lowest BCUT2D eigenvalue weighted by molar-refractivity contribution is -0.151. The van der Waals surface area contributed by atoms with E-state index in [1.807, 2.05) is 37.3 Å². The minimum atomic E-state index is -0.377. The van der Waals surface area contributed by atoms with Crippen molar-refractivity contribution in [3.63, 3.8) is 0 Å². The fraction of sp³-hybridized carbons (Fsp3) is 0.462. The third-order valence-corrected chi connectivity index (χ3v) is 3.21. The first-order valence-corrected chi connectivity index (χ1v) is 5.46. The molecule has 0 N–H and O–H groups in total. The Bertz CT molecular complexity index is 358. The molecule has 0 unspecified atom stereocenters. The average molecular weight is 204 g/mol. The van der Waals surface area contributed by atoms with E-state index in [4.69, 9.17) is 4.74 Å². The van der Waals surface area contributed by atoms with Crippen molar-refractivity contribution in [3.8, 4) is 0 Å². The fourth-order valence-corrected chi connectivity index (χ4v) is 2.25. The number of hydrogen-bond acceptors (Lipinski definition) is 2. The molecule has 0 saturated carbocycles. The zero-order chi connectivity index (χ0) is 10.9. The smallest absolute Gasteiger partial charge is 0.309 e. The number of cyclic esters (lactones) is 1. The summed E-state index contributed by atoms with van der Waals surface area (Å²) in [5.74, 6) is -0.0501. The van der Waals surface area contributed by atoms with E-state index in [0.717, 1.165) is 18.4 Å². The van der Waals surface area contributed by atoms with Crippen molar-refractivity contribution in [2.24, 2.45) is 5.92 Å². The summed E-state index contributed by atoms with van der Waals surface area (Å²) >= 11 is 0. The zero-order valence-electron chi connectivity index (χ0n) is 9.19. The molecule has 1 saturated heterocycles. The molecule has 1 fully saturated rings. The van der Waals surface area contributed by atoms with Crippen molar-refractivity contribution in [1.29, 1.82) is 0 Å². The number of esters is 1. The van der Waals surface area contributed by atoms with Gasteiger partial charge in [0.05, 0.1) is 5.92 Å². The molecule has 80 valence electrons. The molecular formula is C13H16O2. The van der Waals surface area contributed by atoms with Gasteiger partial charge < -0.3 is 4.74 Å². The highest BCUT2D eigenvalue weighted by Crippen LogP contribution is 2.42. The highest BCUT2D eigenvalue weighted by molar-refractivity contribution is 5.75. The van der Waals surface area contributed by atoms with Crippen molar-refractivity contribution in [2.75, 3.05) is 0 Å². The molecule has 2 nitrogen and oxygen atoms in total. The topological polar surface area (TPSA) is 26.3 Å². The molecule has 0 spiro atoms. The van der Waals surface area contributed by atoms with Gasteiger partial charge in [-0.05, 0) is 12.0 Å². The predicted molar refractivity (Wildman–Crippen MR) is 58.3 cm³/mol. The molecule has 1 heterocycles. The van der Waals surface area contributed by atoms with Crippen LogP contribution in [0.5, 0.6) is 0 Å². The monoisotopic (exact) mass is 204 g/mol. The van der Waals surface area contributed by atoms with Gasteiger partial charge in [0.2, 0.25) is 0 Å². The SMILES string of the molecule is CC[C@]1(c2ccccc2)C[C@H](C)C(=O)O1. The standard InChI is InChI=1S/C13H16O2/c1-3-13(9-10(2)12(14)15-13)11-7-5-4-6-8-11/h4-8,10H,3,9H2,1-2H3/t10-,13+/m0/s1. The average Bonchev–Trinajstić information content (AvgIpc) is 2.57. The molecular weight excluding hydrogens is 188 g/mol. The van der Waals surface area contributed by atoms with E-state index in [9.17, 15) is 4.79 Å². The Morgan fingerprint density at radius 2 is 2.07 bits per heavy atom. The van der Waals surface area contributed by atoms with Crippen LogP contribution in [0.15, 0.2) is 30.3 Å². The third-order valence-electron chi connectivity index (χ3n) is 3.21. The molecule has 1 aromatic carbocycles. The van der Waals surface area contributed by atoms with Crippen LogP contribution < -0.4 is 0 Å². The molecule has 2 heteroatoms. The molecule has 1 aromatic rings. The third kappa shape index (κ3) is 1.65. The second-order valence-corrected chi connectivity index (χ2v) is 4.24. The first-order valence-electron chi connectivity index (χ1n) is 5.46. The number of carbonyl (C=O) groups is 1. The molecule has 0 bridgehead atoms. The Balaban J connectivity index is 2.36. The molecule has 2 rings (SSSR count). The maximum atomic E-state index is 11.5.